The van der Waals surface area contributed by atoms with Crippen LogP contribution in [0.1, 0.15) is 45.7 Å². The highest BCUT2D eigenvalue weighted by molar-refractivity contribution is 6.02. The smallest absolute Gasteiger partial charge is 0.417 e. The minimum Gasteiger partial charge on any atom is -0.457 e. The normalized spacial score (nSPS) is 15.6. The molecule has 45 heavy (non-hydrogen) atoms. The summed E-state index contributed by atoms with van der Waals surface area (Å²) in [5.41, 5.74) is -2.00. The van der Waals surface area contributed by atoms with Crippen molar-refractivity contribution in [2.24, 2.45) is 0 Å². The number of halogens is 8. The van der Waals surface area contributed by atoms with Crippen molar-refractivity contribution in [1.82, 2.24) is 20.1 Å². The first-order valence-corrected chi connectivity index (χ1v) is 13.0. The van der Waals surface area contributed by atoms with Gasteiger partial charge in [-0.15, -0.1) is 0 Å². The summed E-state index contributed by atoms with van der Waals surface area (Å²) in [5.74, 6) is -5.81. The first-order valence-electron chi connectivity index (χ1n) is 13.0. The van der Waals surface area contributed by atoms with Crippen molar-refractivity contribution in [3.63, 3.8) is 0 Å². The fraction of sp³-hybridized carbons (Fsp3) is 0.207. The number of rotatable bonds is 6. The Labute approximate surface area is 246 Å². The zero-order valence-corrected chi connectivity index (χ0v) is 22.6. The lowest BCUT2D eigenvalue weighted by Gasteiger charge is -2.28. The van der Waals surface area contributed by atoms with Crippen molar-refractivity contribution in [3.8, 4) is 22.8 Å². The van der Waals surface area contributed by atoms with Crippen molar-refractivity contribution in [2.45, 2.75) is 31.2 Å². The fourth-order valence-electron chi connectivity index (χ4n) is 5.21. The maximum Gasteiger partial charge on any atom is 0.417 e. The third kappa shape index (κ3) is 5.62. The van der Waals surface area contributed by atoms with E-state index in [2.05, 4.69) is 15.2 Å². The summed E-state index contributed by atoms with van der Waals surface area (Å²) in [5, 5.41) is 6.79. The molecule has 0 spiro atoms. The third-order valence-electron chi connectivity index (χ3n) is 7.01. The Balaban J connectivity index is 1.41. The van der Waals surface area contributed by atoms with Gasteiger partial charge in [-0.1, -0.05) is 18.2 Å². The van der Waals surface area contributed by atoms with Crippen LogP contribution in [0.15, 0.2) is 69.9 Å². The van der Waals surface area contributed by atoms with E-state index in [9.17, 15) is 44.7 Å². The molecular formula is C29H18F8N4O4. The monoisotopic (exact) mass is 638 g/mol. The second kappa shape index (κ2) is 10.2. The van der Waals surface area contributed by atoms with Gasteiger partial charge in [0.1, 0.15) is 22.9 Å². The van der Waals surface area contributed by atoms with Gasteiger partial charge in [0, 0.05) is 18.1 Å². The van der Waals surface area contributed by atoms with E-state index in [0.29, 0.717) is 24.6 Å². The predicted molar refractivity (Wildman–Crippen MR) is 141 cm³/mol. The van der Waals surface area contributed by atoms with E-state index in [1.165, 1.54) is 24.3 Å². The van der Waals surface area contributed by atoms with Gasteiger partial charge in [-0.05, 0) is 48.0 Å². The fourth-order valence-corrected chi connectivity index (χ4v) is 5.21. The molecule has 8 nitrogen and oxygen atoms in total. The molecule has 0 aliphatic carbocycles. The van der Waals surface area contributed by atoms with E-state index < -0.39 is 59.4 Å². The summed E-state index contributed by atoms with van der Waals surface area (Å²) in [7, 11) is 0. The summed E-state index contributed by atoms with van der Waals surface area (Å²) >= 11 is 0. The molecule has 5 aromatic rings. The number of oxazole rings is 1. The van der Waals surface area contributed by atoms with Crippen LogP contribution in [-0.2, 0) is 12.4 Å². The molecule has 0 saturated carbocycles. The molecule has 0 fully saturated rings. The highest BCUT2D eigenvalue weighted by atomic mass is 19.4. The average molecular weight is 638 g/mol. The van der Waals surface area contributed by atoms with Gasteiger partial charge in [0.2, 0.25) is 0 Å². The standard InChI is InChI=1S/C29H18F8N4O4/c1-27(30,31)12-41-23(20-21(39-40-22(20)25(41)42)18-3-2-4-19-24(18)45-26(43)38-19)13-5-7-16(8-6-13)44-17-10-14(28(32,33)34)9-15(11-17)29(35,36)37/h2-11,23H,12H2,1H3,(H,38,43)(H,39,40)/t23-/m0/s1. The molecule has 16 heteroatoms. The summed E-state index contributed by atoms with van der Waals surface area (Å²) in [4.78, 5) is 28.6. The van der Waals surface area contributed by atoms with Gasteiger partial charge in [0.15, 0.2) is 5.58 Å². The van der Waals surface area contributed by atoms with E-state index in [4.69, 9.17) is 9.15 Å². The number of para-hydroxylation sites is 1. The van der Waals surface area contributed by atoms with Crippen LogP contribution >= 0.6 is 0 Å². The average Bonchev–Trinajstić information content (AvgIpc) is 3.60. The Morgan fingerprint density at radius 3 is 2.13 bits per heavy atom. The van der Waals surface area contributed by atoms with Crippen LogP contribution in [0.5, 0.6) is 11.5 Å². The molecule has 3 heterocycles. The predicted octanol–water partition coefficient (Wildman–Crippen LogP) is 7.54. The maximum absolute atomic E-state index is 14.3. The number of hydrogen-bond donors (Lipinski definition) is 2. The molecule has 0 unspecified atom stereocenters. The molecule has 0 radical (unpaired) electrons. The molecule has 234 valence electrons. The molecule has 1 aliphatic heterocycles. The lowest BCUT2D eigenvalue weighted by Crippen LogP contribution is -2.38. The van der Waals surface area contributed by atoms with Gasteiger partial charge in [-0.25, -0.2) is 13.6 Å². The van der Waals surface area contributed by atoms with E-state index in [1.54, 1.807) is 18.2 Å². The third-order valence-corrected chi connectivity index (χ3v) is 7.01. The molecule has 1 amide bonds. The Kier molecular flexibility index (Phi) is 6.78. The van der Waals surface area contributed by atoms with E-state index in [1.807, 2.05) is 0 Å². The Morgan fingerprint density at radius 2 is 1.53 bits per heavy atom. The summed E-state index contributed by atoms with van der Waals surface area (Å²) in [6, 6.07) is 9.37. The topological polar surface area (TPSA) is 104 Å². The number of nitrogens with one attached hydrogen (secondary N) is 2. The van der Waals surface area contributed by atoms with Crippen LogP contribution in [0.2, 0.25) is 0 Å². The van der Waals surface area contributed by atoms with Crippen molar-refractivity contribution in [2.75, 3.05) is 6.54 Å². The van der Waals surface area contributed by atoms with Crippen LogP contribution in [0.4, 0.5) is 35.1 Å². The quantitative estimate of drug-likeness (QED) is 0.187. The highest BCUT2D eigenvalue weighted by Gasteiger charge is 2.45. The van der Waals surface area contributed by atoms with Crippen LogP contribution < -0.4 is 10.5 Å². The zero-order valence-electron chi connectivity index (χ0n) is 22.6. The SMILES string of the molecule is CC(F)(F)CN1C(=O)c2[nH]nc(-c3cccc4[nH]c(=O)oc34)c2[C@@H]1c1ccc(Oc2cc(C(F)(F)F)cc(C(F)(F)F)c2)cc1. The Hall–Kier alpha value is -5.15. The van der Waals surface area contributed by atoms with E-state index in [-0.39, 0.29) is 45.5 Å². The maximum atomic E-state index is 14.3. The molecule has 0 bridgehead atoms. The number of carbonyl (C=O) groups excluding carboxylic acids is 1. The van der Waals surface area contributed by atoms with Gasteiger partial charge in [0.05, 0.1) is 29.2 Å². The zero-order chi connectivity index (χ0) is 32.5. The highest BCUT2D eigenvalue weighted by Crippen LogP contribution is 2.45. The van der Waals surface area contributed by atoms with Gasteiger partial charge in [-0.2, -0.15) is 31.4 Å². The number of aromatic amines is 2. The second-order valence-corrected chi connectivity index (χ2v) is 10.4. The number of amides is 1. The molecule has 1 atom stereocenters. The number of benzene rings is 3. The number of hydrogen-bond acceptors (Lipinski definition) is 5. The summed E-state index contributed by atoms with van der Waals surface area (Å²) < 4.78 is 119. The summed E-state index contributed by atoms with van der Waals surface area (Å²) in [6.07, 6.45) is -10.2. The lowest BCUT2D eigenvalue weighted by molar-refractivity contribution is -0.143. The van der Waals surface area contributed by atoms with Crippen molar-refractivity contribution in [1.29, 1.82) is 0 Å². The Morgan fingerprint density at radius 1 is 0.889 bits per heavy atom. The minimum absolute atomic E-state index is 0.0373. The van der Waals surface area contributed by atoms with Crippen LogP contribution in [0, 0.1) is 0 Å². The number of carbonyl (C=O) groups is 1. The first-order chi connectivity index (χ1) is 21.0. The van der Waals surface area contributed by atoms with E-state index in [0.717, 1.165) is 4.90 Å². The van der Waals surface area contributed by atoms with Crippen molar-refractivity contribution in [3.05, 3.63) is 99.2 Å². The lowest BCUT2D eigenvalue weighted by atomic mass is 9.95. The first kappa shape index (κ1) is 29.9. The minimum atomic E-state index is -5.09. The number of H-pyrrole nitrogens is 2. The number of alkyl halides is 8. The Bertz CT molecular complexity index is 1950. The molecule has 2 aromatic heterocycles. The van der Waals surface area contributed by atoms with Gasteiger partial charge < -0.3 is 14.1 Å². The van der Waals surface area contributed by atoms with Crippen LogP contribution in [0.25, 0.3) is 22.4 Å². The second-order valence-electron chi connectivity index (χ2n) is 10.4. The molecule has 2 N–H and O–H groups in total. The van der Waals surface area contributed by atoms with E-state index >= 15 is 0 Å². The number of ether oxygens (including phenoxy) is 1. The number of nitrogens with zero attached hydrogens (tertiary/aromatic N) is 2. The number of aromatic nitrogens is 3. The van der Waals surface area contributed by atoms with Crippen molar-refractivity contribution < 1.29 is 49.1 Å². The largest absolute Gasteiger partial charge is 0.457 e. The van der Waals surface area contributed by atoms with Gasteiger partial charge in [0.25, 0.3) is 11.8 Å². The van der Waals surface area contributed by atoms with Gasteiger partial charge >= 0.3 is 18.1 Å². The van der Waals surface area contributed by atoms with Crippen LogP contribution in [0.3, 0.4) is 0 Å². The van der Waals surface area contributed by atoms with Crippen LogP contribution in [-0.4, -0.2) is 38.5 Å². The van der Waals surface area contributed by atoms with Gasteiger partial charge in [-0.3, -0.25) is 14.9 Å². The molecular weight excluding hydrogens is 620 g/mol. The molecule has 3 aromatic carbocycles. The number of fused-ring (bicyclic) bond motifs is 2. The molecule has 1 aliphatic rings. The molecule has 6 rings (SSSR count). The summed E-state index contributed by atoms with van der Waals surface area (Å²) in [6.45, 7) is -0.385. The molecule has 0 saturated heterocycles. The van der Waals surface area contributed by atoms with Crippen molar-refractivity contribution >= 4 is 17.0 Å².